The molecule has 6 aromatic heterocycles. The van der Waals surface area contributed by atoms with E-state index in [1.165, 1.54) is 142 Å². The van der Waals surface area contributed by atoms with Crippen LogP contribution in [0.4, 0.5) is 5.69 Å². The normalized spacial score (nSPS) is 27.0. The summed E-state index contributed by atoms with van der Waals surface area (Å²) in [6, 6.07) is 35.1. The molecule has 101 heavy (non-hydrogen) atoms. The summed E-state index contributed by atoms with van der Waals surface area (Å²) < 4.78 is 24.4. The summed E-state index contributed by atoms with van der Waals surface area (Å²) in [7, 11) is 7.73. The van der Waals surface area contributed by atoms with Crippen LogP contribution in [0.15, 0.2) is 164 Å². The Bertz CT molecular complexity index is 4100. The van der Waals surface area contributed by atoms with Crippen molar-refractivity contribution in [1.29, 1.82) is 0 Å². The summed E-state index contributed by atoms with van der Waals surface area (Å²) in [5.41, 5.74) is 19.5. The van der Waals surface area contributed by atoms with Gasteiger partial charge in [-0.3, -0.25) is 45.3 Å². The molecule has 8 aromatic rings. The van der Waals surface area contributed by atoms with E-state index in [9.17, 15) is 18.0 Å². The summed E-state index contributed by atoms with van der Waals surface area (Å²) in [4.78, 5) is 60.4. The summed E-state index contributed by atoms with van der Waals surface area (Å²) >= 11 is 0. The van der Waals surface area contributed by atoms with Crippen molar-refractivity contribution < 1.29 is 18.0 Å². The molecule has 8 bridgehead atoms. The molecule has 14 heterocycles. The van der Waals surface area contributed by atoms with E-state index in [1.807, 2.05) is 56.1 Å². The first-order chi connectivity index (χ1) is 48.9. The lowest BCUT2D eigenvalue weighted by Crippen LogP contribution is -2.42. The molecule has 6 N–H and O–H groups in total. The molecule has 8 saturated heterocycles. The molecule has 0 saturated carbocycles. The second kappa shape index (κ2) is 33.6. The number of hydrazine groups is 1. The lowest BCUT2D eigenvalue weighted by molar-refractivity contribution is 0.0766. The number of aromatic nitrogens is 7. The standard InChI is InChI=1S/C31H34N6.C14H21N3.C14H18N2O.C9H17N.C7H10N2O2S.C6H5NO/c1-36-13-9-20-5-6-21(16-29(20)36)27-17-24(18-28-31(27)34-12-11-33-28)35-30(22-4-3-10-32-19-22)23-14-25-7-8-26(15-23)37(25)2;1-17-12-4-5-13(17)8-11(7-12)14(15)10-3-2-6-16-9-10;1-16-12-4-5-13(16)8-11(7-12)14(17)10-3-2-6-15-9-10;1-7-5-8-3-4-9(6-7)10(8)2;1-6-2-4-7(5-3-6)12(10,11)9-8;8-5-6-2-1-3-7-4-6/h3-4,9-13,16-19,23,25-26,30,35H,5-8,14-15H2,1-2H3;2-3,6,9,11-14H,4-5,7-8,15H2,1H3;2-3,6,9,11-13H,4-5,7-8H2,1H3;7-9H,3-6H2,1-2H3;2-5,9H,8H2,1H3;1-5H. The van der Waals surface area contributed by atoms with E-state index >= 15 is 0 Å². The van der Waals surface area contributed by atoms with Gasteiger partial charge in [0.25, 0.3) is 10.0 Å². The van der Waals surface area contributed by atoms with Gasteiger partial charge in [0.15, 0.2) is 12.1 Å². The number of Topliss-reactive ketones (excluding diaryl/α,β-unsaturated/α-hetero) is 1. The summed E-state index contributed by atoms with van der Waals surface area (Å²) in [6.45, 7) is 4.28. The van der Waals surface area contributed by atoms with Gasteiger partial charge >= 0.3 is 0 Å². The molecule has 0 radical (unpaired) electrons. The van der Waals surface area contributed by atoms with Crippen LogP contribution >= 0.6 is 0 Å². The summed E-state index contributed by atoms with van der Waals surface area (Å²) in [6.07, 6.45) is 45.9. The van der Waals surface area contributed by atoms with Gasteiger partial charge in [0.05, 0.1) is 22.0 Å². The van der Waals surface area contributed by atoms with Gasteiger partial charge in [-0.05, 0) is 264 Å². The lowest BCUT2D eigenvalue weighted by Gasteiger charge is -2.40. The number of nitrogens with two attached hydrogens (primary N) is 2. The maximum Gasteiger partial charge on any atom is 0.253 e. The highest BCUT2D eigenvalue weighted by Crippen LogP contribution is 2.46. The van der Waals surface area contributed by atoms with Crippen molar-refractivity contribution in [3.05, 3.63) is 204 Å². The number of allylic oxidation sites excluding steroid dienone is 1. The number of aryl methyl sites for hydroxylation is 3. The minimum absolute atomic E-state index is 0.167. The number of hydrogen-bond acceptors (Lipinski definition) is 17. The first-order valence-electron chi connectivity index (χ1n) is 36.8. The molecule has 1 aliphatic carbocycles. The minimum Gasteiger partial charge on any atom is -0.378 e. The number of nitrogens with one attached hydrogen (secondary N) is 2. The number of nitrogens with zero attached hydrogens (tertiary/aromatic N) is 11. The van der Waals surface area contributed by atoms with Gasteiger partial charge in [0.2, 0.25) is 0 Å². The number of pyridine rings is 4. The van der Waals surface area contributed by atoms with Gasteiger partial charge in [-0.15, -0.1) is 0 Å². The van der Waals surface area contributed by atoms with E-state index in [4.69, 9.17) is 21.5 Å². The zero-order valence-electron chi connectivity index (χ0n) is 60.1. The molecule has 10 unspecified atom stereocenters. The Kier molecular flexibility index (Phi) is 24.2. The summed E-state index contributed by atoms with van der Waals surface area (Å²) in [5.74, 6) is 7.54. The number of carbonyl (C=O) groups excluding carboxylic acids is 2. The second-order valence-corrected chi connectivity index (χ2v) is 31.7. The molecule has 10 atom stereocenters. The average Bonchev–Trinajstić information content (AvgIpc) is 1.48. The zero-order valence-corrected chi connectivity index (χ0v) is 60.9. The van der Waals surface area contributed by atoms with Gasteiger partial charge in [-0.1, -0.05) is 36.8 Å². The van der Waals surface area contributed by atoms with Crippen molar-refractivity contribution in [3.63, 3.8) is 0 Å². The highest BCUT2D eigenvalue weighted by Gasteiger charge is 2.44. The van der Waals surface area contributed by atoms with Gasteiger partial charge in [-0.25, -0.2) is 8.42 Å². The third-order valence-electron chi connectivity index (χ3n) is 23.8. The third-order valence-corrected chi connectivity index (χ3v) is 25.0. The number of ketones is 1. The van der Waals surface area contributed by atoms with Crippen LogP contribution in [-0.4, -0.2) is 151 Å². The molecule has 8 fully saturated rings. The quantitative estimate of drug-likeness (QED) is 0.0385. The number of anilines is 1. The Morgan fingerprint density at radius 2 is 1.10 bits per heavy atom. The van der Waals surface area contributed by atoms with Crippen LogP contribution in [0.3, 0.4) is 0 Å². The number of sulfonamides is 1. The first-order valence-corrected chi connectivity index (χ1v) is 38.3. The first kappa shape index (κ1) is 73.0. The smallest absolute Gasteiger partial charge is 0.253 e. The molecule has 19 nitrogen and oxygen atoms in total. The van der Waals surface area contributed by atoms with Crippen LogP contribution in [0.2, 0.25) is 0 Å². The van der Waals surface area contributed by atoms with Crippen molar-refractivity contribution in [1.82, 2.24) is 58.9 Å². The fraction of sp³-hybridized carbons (Fsp3) is 0.481. The molecule has 534 valence electrons. The molecular formula is C81H105N15O4S. The van der Waals surface area contributed by atoms with Gasteiger partial charge in [0.1, 0.15) is 0 Å². The van der Waals surface area contributed by atoms with Gasteiger partial charge in [0, 0.05) is 164 Å². The van der Waals surface area contributed by atoms with E-state index < -0.39 is 10.0 Å². The van der Waals surface area contributed by atoms with Crippen LogP contribution in [0.5, 0.6) is 0 Å². The maximum absolute atomic E-state index is 12.4. The Morgan fingerprint density at radius 1 is 0.584 bits per heavy atom. The minimum atomic E-state index is -3.49. The van der Waals surface area contributed by atoms with E-state index in [2.05, 4.69) is 140 Å². The van der Waals surface area contributed by atoms with Crippen molar-refractivity contribution in [2.75, 3.05) is 33.5 Å². The zero-order chi connectivity index (χ0) is 70.7. The maximum atomic E-state index is 12.4. The Hall–Kier alpha value is -7.79. The molecular weight excluding hydrogens is 1280 g/mol. The average molecular weight is 1380 g/mol. The van der Waals surface area contributed by atoms with E-state index in [1.54, 1.807) is 53.9 Å². The van der Waals surface area contributed by atoms with E-state index in [0.717, 1.165) is 89.9 Å². The number of rotatable bonds is 12. The van der Waals surface area contributed by atoms with Crippen LogP contribution in [0.25, 0.3) is 22.7 Å². The predicted octanol–water partition coefficient (Wildman–Crippen LogP) is 12.9. The van der Waals surface area contributed by atoms with Gasteiger partial charge < -0.3 is 35.2 Å². The monoisotopic (exact) mass is 1380 g/mol. The summed E-state index contributed by atoms with van der Waals surface area (Å²) in [5, 5.41) is 3.99. The van der Waals surface area contributed by atoms with Crippen LogP contribution in [-0.2, 0) is 23.5 Å². The molecule has 0 amide bonds. The van der Waals surface area contributed by atoms with Crippen LogP contribution in [0, 0.1) is 30.6 Å². The largest absolute Gasteiger partial charge is 0.378 e. The van der Waals surface area contributed by atoms with Crippen molar-refractivity contribution in [3.8, 4) is 0 Å². The van der Waals surface area contributed by atoms with Crippen molar-refractivity contribution in [2.24, 2.45) is 42.3 Å². The topological polar surface area (TPSA) is 240 Å². The van der Waals surface area contributed by atoms with E-state index in [0.29, 0.717) is 47.3 Å². The van der Waals surface area contributed by atoms with Crippen LogP contribution in [0.1, 0.15) is 182 Å². The van der Waals surface area contributed by atoms with E-state index in [-0.39, 0.29) is 22.9 Å². The second-order valence-electron chi connectivity index (χ2n) is 30.0. The molecule has 2 aromatic carbocycles. The number of piperidine rings is 4. The fourth-order valence-electron chi connectivity index (χ4n) is 17.9. The number of carbonyl (C=O) groups is 2. The highest BCUT2D eigenvalue weighted by atomic mass is 32.2. The Labute approximate surface area is 598 Å². The number of aldehydes is 1. The number of fused-ring (bicyclic) bond motifs is 10. The molecule has 8 aliphatic heterocycles. The Morgan fingerprint density at radius 3 is 1.61 bits per heavy atom. The van der Waals surface area contributed by atoms with Crippen molar-refractivity contribution in [2.45, 2.75) is 195 Å². The fourth-order valence-corrected chi connectivity index (χ4v) is 18.6. The molecule has 17 rings (SSSR count). The predicted molar refractivity (Wildman–Crippen MR) is 402 cm³/mol. The number of hydrogen-bond donors (Lipinski definition) is 4. The molecule has 9 aliphatic rings. The Balaban J connectivity index is 0.000000126. The lowest BCUT2D eigenvalue weighted by atomic mass is 9.82. The number of benzene rings is 2. The SMILES string of the molecule is CC1CC2CCC(C1)N2C.CN1C2CCC1CC(C(=O)c1cccnc1)C2.CN1C2CCC1CC(C(N)c1cccnc1)C2.CN1C2CCC1CC(C(Nc1cc(C3=Cc4c(ccn4C)CC3)c3nccnc3c1)c1cccnc1)C2.Cc1ccc(S(=O)(=O)NN)cc1.O=Cc1cccnc1. The van der Waals surface area contributed by atoms with Crippen LogP contribution < -0.4 is 21.7 Å². The van der Waals surface area contributed by atoms with Gasteiger partial charge in [-0.2, -0.15) is 4.83 Å². The molecule has 20 heteroatoms. The van der Waals surface area contributed by atoms with Crippen molar-refractivity contribution >= 4 is 50.5 Å². The molecule has 0 spiro atoms. The third kappa shape index (κ3) is 17.6. The highest BCUT2D eigenvalue weighted by molar-refractivity contribution is 7.89.